The number of esters is 1. The predicted molar refractivity (Wildman–Crippen MR) is 90.7 cm³/mol. The van der Waals surface area contributed by atoms with Crippen molar-refractivity contribution in [1.82, 2.24) is 10.2 Å². The molecule has 0 aromatic heterocycles. The molecule has 6 nitrogen and oxygen atoms in total. The molecule has 0 saturated carbocycles. The molecular formula is C18H22F2N2O4. The van der Waals surface area contributed by atoms with Crippen LogP contribution in [-0.2, 0) is 9.53 Å². The third-order valence-corrected chi connectivity index (χ3v) is 3.98. The highest BCUT2D eigenvalue weighted by atomic mass is 19.3. The molecule has 1 aromatic rings. The molecule has 1 aromatic carbocycles. The lowest BCUT2D eigenvalue weighted by Gasteiger charge is -2.37. The van der Waals surface area contributed by atoms with Crippen LogP contribution in [0.5, 0.6) is 5.75 Å². The number of benzene rings is 1. The number of amides is 2. The number of carbonyl (C=O) groups excluding carboxylic acids is 2. The Morgan fingerprint density at radius 2 is 1.96 bits per heavy atom. The maximum Gasteiger partial charge on any atom is 0.387 e. The average molecular weight is 368 g/mol. The van der Waals surface area contributed by atoms with E-state index in [2.05, 4.69) is 10.1 Å². The molecule has 1 heterocycles. The number of halogens is 2. The van der Waals surface area contributed by atoms with E-state index in [1.54, 1.807) is 33.8 Å². The van der Waals surface area contributed by atoms with Gasteiger partial charge in [0, 0.05) is 17.3 Å². The average Bonchev–Trinajstić information content (AvgIpc) is 2.54. The van der Waals surface area contributed by atoms with Crippen molar-refractivity contribution < 1.29 is 27.8 Å². The molecule has 0 unspecified atom stereocenters. The van der Waals surface area contributed by atoms with Crippen LogP contribution in [0.2, 0.25) is 0 Å². The standard InChI is InChI=1S/C18H22F2N2O4/c1-5-25-16(23)14-11(4)22(10(2)3)18(24)21-15(14)12-8-6-7-9-13(12)26-17(19)20/h6-10,15,17H,5H2,1-4H3,(H,21,24)/t15-/m0/s1. The van der Waals surface area contributed by atoms with Crippen molar-refractivity contribution in [3.05, 3.63) is 41.1 Å². The summed E-state index contributed by atoms with van der Waals surface area (Å²) in [7, 11) is 0. The van der Waals surface area contributed by atoms with E-state index in [0.29, 0.717) is 5.70 Å². The zero-order valence-corrected chi connectivity index (χ0v) is 15.1. The number of hydrogen-bond donors (Lipinski definition) is 1. The number of rotatable bonds is 6. The van der Waals surface area contributed by atoms with Crippen LogP contribution in [0, 0.1) is 0 Å². The molecule has 0 bridgehead atoms. The number of urea groups is 1. The lowest BCUT2D eigenvalue weighted by atomic mass is 9.93. The topological polar surface area (TPSA) is 67.9 Å². The number of hydrogen-bond acceptors (Lipinski definition) is 4. The molecule has 2 amide bonds. The van der Waals surface area contributed by atoms with Gasteiger partial charge in [-0.15, -0.1) is 0 Å². The maximum atomic E-state index is 12.7. The Bertz CT molecular complexity index is 719. The number of ether oxygens (including phenoxy) is 2. The van der Waals surface area contributed by atoms with Gasteiger partial charge in [-0.05, 0) is 33.8 Å². The molecule has 1 N–H and O–H groups in total. The summed E-state index contributed by atoms with van der Waals surface area (Å²) in [6, 6.07) is 4.46. The number of para-hydroxylation sites is 1. The van der Waals surface area contributed by atoms with Gasteiger partial charge in [-0.25, -0.2) is 9.59 Å². The summed E-state index contributed by atoms with van der Waals surface area (Å²) in [5.41, 5.74) is 0.858. The molecule has 2 rings (SSSR count). The highest BCUT2D eigenvalue weighted by molar-refractivity contribution is 5.95. The van der Waals surface area contributed by atoms with Gasteiger partial charge >= 0.3 is 18.6 Å². The zero-order valence-electron chi connectivity index (χ0n) is 15.1. The highest BCUT2D eigenvalue weighted by Gasteiger charge is 2.38. The third-order valence-electron chi connectivity index (χ3n) is 3.98. The smallest absolute Gasteiger partial charge is 0.387 e. The van der Waals surface area contributed by atoms with E-state index < -0.39 is 24.7 Å². The molecule has 0 aliphatic carbocycles. The molecule has 1 atom stereocenters. The van der Waals surface area contributed by atoms with Crippen LogP contribution < -0.4 is 10.1 Å². The van der Waals surface area contributed by atoms with Crippen molar-refractivity contribution in [2.45, 2.75) is 46.4 Å². The van der Waals surface area contributed by atoms with Crippen molar-refractivity contribution in [1.29, 1.82) is 0 Å². The summed E-state index contributed by atoms with van der Waals surface area (Å²) in [6.45, 7) is 4.03. The van der Waals surface area contributed by atoms with Crippen LogP contribution in [0.25, 0.3) is 0 Å². The number of nitrogens with one attached hydrogen (secondary N) is 1. The number of allylic oxidation sites excluding steroid dienone is 1. The first-order valence-corrected chi connectivity index (χ1v) is 8.29. The Hall–Kier alpha value is -2.64. The summed E-state index contributed by atoms with van der Waals surface area (Å²) in [4.78, 5) is 26.5. The Labute approximate surface area is 150 Å². The first-order chi connectivity index (χ1) is 12.3. The monoisotopic (exact) mass is 368 g/mol. The predicted octanol–water partition coefficient (Wildman–Crippen LogP) is 3.60. The third kappa shape index (κ3) is 3.95. The molecule has 8 heteroatoms. The number of nitrogens with zero attached hydrogens (tertiary/aromatic N) is 1. The molecule has 26 heavy (non-hydrogen) atoms. The van der Waals surface area contributed by atoms with E-state index in [9.17, 15) is 18.4 Å². The molecule has 1 aliphatic heterocycles. The van der Waals surface area contributed by atoms with Gasteiger partial charge in [-0.2, -0.15) is 8.78 Å². The van der Waals surface area contributed by atoms with Crippen molar-refractivity contribution >= 4 is 12.0 Å². The van der Waals surface area contributed by atoms with Crippen LogP contribution >= 0.6 is 0 Å². The SMILES string of the molecule is CCOC(=O)C1=C(C)N(C(C)C)C(=O)N[C@H]1c1ccccc1OC(F)F. The van der Waals surface area contributed by atoms with Gasteiger partial charge in [-0.3, -0.25) is 4.90 Å². The van der Waals surface area contributed by atoms with Gasteiger partial charge in [0.05, 0.1) is 18.2 Å². The molecule has 0 fully saturated rings. The lowest BCUT2D eigenvalue weighted by molar-refractivity contribution is -0.139. The summed E-state index contributed by atoms with van der Waals surface area (Å²) in [6.07, 6.45) is 0. The van der Waals surface area contributed by atoms with E-state index in [4.69, 9.17) is 4.74 Å². The van der Waals surface area contributed by atoms with E-state index >= 15 is 0 Å². The second-order valence-electron chi connectivity index (χ2n) is 5.98. The second kappa shape index (κ2) is 8.16. The largest absolute Gasteiger partial charge is 0.463 e. The molecule has 1 aliphatic rings. The number of carbonyl (C=O) groups is 2. The van der Waals surface area contributed by atoms with Crippen molar-refractivity contribution in [2.24, 2.45) is 0 Å². The van der Waals surface area contributed by atoms with E-state index in [1.165, 1.54) is 23.1 Å². The fourth-order valence-electron chi connectivity index (χ4n) is 3.01. The van der Waals surface area contributed by atoms with Crippen LogP contribution in [0.1, 0.15) is 39.3 Å². The minimum atomic E-state index is -3.03. The Kier molecular flexibility index (Phi) is 6.18. The van der Waals surface area contributed by atoms with Gasteiger partial charge < -0.3 is 14.8 Å². The second-order valence-corrected chi connectivity index (χ2v) is 5.98. The summed E-state index contributed by atoms with van der Waals surface area (Å²) in [5, 5.41) is 2.70. The van der Waals surface area contributed by atoms with Crippen LogP contribution in [-0.4, -0.2) is 36.2 Å². The normalized spacial score (nSPS) is 17.6. The van der Waals surface area contributed by atoms with E-state index in [-0.39, 0.29) is 29.5 Å². The first-order valence-electron chi connectivity index (χ1n) is 8.29. The fourth-order valence-corrected chi connectivity index (χ4v) is 3.01. The van der Waals surface area contributed by atoms with Crippen molar-refractivity contribution in [3.63, 3.8) is 0 Å². The van der Waals surface area contributed by atoms with Crippen LogP contribution in [0.3, 0.4) is 0 Å². The van der Waals surface area contributed by atoms with Gasteiger partial charge in [0.25, 0.3) is 0 Å². The summed E-state index contributed by atoms with van der Waals surface area (Å²) in [5.74, 6) is -0.729. The molecule has 142 valence electrons. The Morgan fingerprint density at radius 3 is 2.54 bits per heavy atom. The van der Waals surface area contributed by atoms with Crippen LogP contribution in [0.4, 0.5) is 13.6 Å². The van der Waals surface area contributed by atoms with Crippen molar-refractivity contribution in [3.8, 4) is 5.75 Å². The molecule has 0 saturated heterocycles. The van der Waals surface area contributed by atoms with Gasteiger partial charge in [-0.1, -0.05) is 18.2 Å². The Morgan fingerprint density at radius 1 is 1.31 bits per heavy atom. The van der Waals surface area contributed by atoms with Gasteiger partial charge in [0.2, 0.25) is 0 Å². The zero-order chi connectivity index (χ0) is 19.4. The molecular weight excluding hydrogens is 346 g/mol. The maximum absolute atomic E-state index is 12.7. The lowest BCUT2D eigenvalue weighted by Crippen LogP contribution is -2.50. The fraction of sp³-hybridized carbons (Fsp3) is 0.444. The molecule has 0 radical (unpaired) electrons. The van der Waals surface area contributed by atoms with Crippen molar-refractivity contribution in [2.75, 3.05) is 6.61 Å². The van der Waals surface area contributed by atoms with Gasteiger partial charge in [0.1, 0.15) is 5.75 Å². The molecule has 0 spiro atoms. The minimum Gasteiger partial charge on any atom is -0.463 e. The highest BCUT2D eigenvalue weighted by Crippen LogP contribution is 2.36. The Balaban J connectivity index is 2.59. The summed E-state index contributed by atoms with van der Waals surface area (Å²) >= 11 is 0. The number of alkyl halides is 2. The van der Waals surface area contributed by atoms with E-state index in [1.807, 2.05) is 0 Å². The quantitative estimate of drug-likeness (QED) is 0.779. The van der Waals surface area contributed by atoms with Crippen LogP contribution in [0.15, 0.2) is 35.5 Å². The van der Waals surface area contributed by atoms with Gasteiger partial charge in [0.15, 0.2) is 0 Å². The minimum absolute atomic E-state index is 0.111. The van der Waals surface area contributed by atoms with E-state index in [0.717, 1.165) is 0 Å². The first kappa shape index (κ1) is 19.7. The summed E-state index contributed by atoms with van der Waals surface area (Å²) < 4.78 is 35.2.